The van der Waals surface area contributed by atoms with E-state index in [-0.39, 0.29) is 5.41 Å². The molecule has 0 aliphatic carbocycles. The summed E-state index contributed by atoms with van der Waals surface area (Å²) in [5.74, 6) is 0. The van der Waals surface area contributed by atoms with Crippen molar-refractivity contribution in [1.29, 1.82) is 0 Å². The Hall–Kier alpha value is -0.610. The van der Waals surface area contributed by atoms with Gasteiger partial charge in [0.15, 0.2) is 5.13 Å². The average molecular weight is 295 g/mol. The molecule has 0 saturated carbocycles. The maximum Gasteiger partial charge on any atom is 0.185 e. The Balaban J connectivity index is 2.28. The fourth-order valence-electron chi connectivity index (χ4n) is 2.93. The molecule has 3 nitrogen and oxygen atoms in total. The number of thiazole rings is 1. The number of hydrogen-bond acceptors (Lipinski definition) is 4. The van der Waals surface area contributed by atoms with Gasteiger partial charge in [-0.3, -0.25) is 0 Å². The van der Waals surface area contributed by atoms with Crippen LogP contribution in [0.4, 0.5) is 5.13 Å². The van der Waals surface area contributed by atoms with Crippen molar-refractivity contribution in [3.63, 3.8) is 0 Å². The fraction of sp³-hybridized carbons (Fsp3) is 0.812. The lowest BCUT2D eigenvalue weighted by Crippen LogP contribution is -2.40. The molecule has 1 aromatic rings. The van der Waals surface area contributed by atoms with Crippen molar-refractivity contribution >= 4 is 16.5 Å². The van der Waals surface area contributed by atoms with Gasteiger partial charge in [0.2, 0.25) is 0 Å². The number of anilines is 1. The highest BCUT2D eigenvalue weighted by atomic mass is 32.1. The van der Waals surface area contributed by atoms with Gasteiger partial charge in [-0.1, -0.05) is 34.6 Å². The first kappa shape index (κ1) is 15.8. The smallest absolute Gasteiger partial charge is 0.185 e. The molecule has 0 atom stereocenters. The van der Waals surface area contributed by atoms with Crippen molar-refractivity contribution in [3.05, 3.63) is 10.6 Å². The lowest BCUT2D eigenvalue weighted by molar-refractivity contribution is 0.293. The zero-order valence-corrected chi connectivity index (χ0v) is 14.7. The van der Waals surface area contributed by atoms with Crippen molar-refractivity contribution in [2.24, 2.45) is 5.41 Å². The molecule has 0 bridgehead atoms. The van der Waals surface area contributed by atoms with Crippen LogP contribution in [0, 0.1) is 5.41 Å². The Kier molecular flexibility index (Phi) is 4.45. The van der Waals surface area contributed by atoms with Gasteiger partial charge in [-0.25, -0.2) is 4.98 Å². The Morgan fingerprint density at radius 1 is 1.35 bits per heavy atom. The number of hydrogen-bond donors (Lipinski definition) is 1. The van der Waals surface area contributed by atoms with Crippen LogP contribution < -0.4 is 10.2 Å². The summed E-state index contributed by atoms with van der Waals surface area (Å²) in [5, 5.41) is 4.50. The van der Waals surface area contributed by atoms with Gasteiger partial charge in [-0.2, -0.15) is 0 Å². The second-order valence-corrected chi connectivity index (χ2v) is 8.80. The molecular formula is C16H29N3S. The molecule has 1 aliphatic rings. The molecule has 1 saturated heterocycles. The predicted molar refractivity (Wildman–Crippen MR) is 88.8 cm³/mol. The van der Waals surface area contributed by atoms with Gasteiger partial charge in [0, 0.05) is 29.9 Å². The van der Waals surface area contributed by atoms with E-state index >= 15 is 0 Å². The molecule has 20 heavy (non-hydrogen) atoms. The lowest BCUT2D eigenvalue weighted by atomic mass is 9.84. The highest BCUT2D eigenvalue weighted by molar-refractivity contribution is 7.15. The number of nitrogens with one attached hydrogen (secondary N) is 1. The average Bonchev–Trinajstić information content (AvgIpc) is 2.72. The van der Waals surface area contributed by atoms with Gasteiger partial charge < -0.3 is 10.2 Å². The number of aromatic nitrogens is 1. The van der Waals surface area contributed by atoms with E-state index in [1.165, 1.54) is 28.5 Å². The van der Waals surface area contributed by atoms with E-state index in [1.54, 1.807) is 0 Å². The summed E-state index contributed by atoms with van der Waals surface area (Å²) in [5.41, 5.74) is 1.79. The van der Waals surface area contributed by atoms with Crippen LogP contribution >= 0.6 is 11.3 Å². The molecule has 1 fully saturated rings. The zero-order chi connectivity index (χ0) is 15.0. The minimum atomic E-state index is 0.117. The topological polar surface area (TPSA) is 28.2 Å². The molecule has 2 heterocycles. The quantitative estimate of drug-likeness (QED) is 0.919. The Morgan fingerprint density at radius 2 is 2.05 bits per heavy atom. The van der Waals surface area contributed by atoms with Crippen LogP contribution in [0.2, 0.25) is 0 Å². The molecule has 0 radical (unpaired) electrons. The number of rotatable bonds is 3. The summed E-state index contributed by atoms with van der Waals surface area (Å²) >= 11 is 1.87. The van der Waals surface area contributed by atoms with Gasteiger partial charge in [-0.05, 0) is 25.3 Å². The van der Waals surface area contributed by atoms with Gasteiger partial charge in [0.25, 0.3) is 0 Å². The van der Waals surface area contributed by atoms with Crippen molar-refractivity contribution in [2.45, 2.75) is 59.4 Å². The van der Waals surface area contributed by atoms with E-state index < -0.39 is 0 Å². The highest BCUT2D eigenvalue weighted by Gasteiger charge is 2.30. The van der Waals surface area contributed by atoms with Gasteiger partial charge in [0.05, 0.1) is 5.69 Å². The highest BCUT2D eigenvalue weighted by Crippen LogP contribution is 2.37. The SMILES string of the molecule is CNCc1sc(N2CCCC(C)(C)C2)nc1C(C)(C)C. The van der Waals surface area contributed by atoms with E-state index in [1.807, 2.05) is 18.4 Å². The summed E-state index contributed by atoms with van der Waals surface area (Å²) in [4.78, 5) is 8.87. The monoisotopic (exact) mass is 295 g/mol. The van der Waals surface area contributed by atoms with Crippen molar-refractivity contribution < 1.29 is 0 Å². The van der Waals surface area contributed by atoms with E-state index in [4.69, 9.17) is 4.98 Å². The summed E-state index contributed by atoms with van der Waals surface area (Å²) < 4.78 is 0. The largest absolute Gasteiger partial charge is 0.348 e. The summed E-state index contributed by atoms with van der Waals surface area (Å²) in [7, 11) is 2.01. The third kappa shape index (κ3) is 3.53. The van der Waals surface area contributed by atoms with Gasteiger partial charge in [-0.15, -0.1) is 11.3 Å². The normalized spacial score (nSPS) is 19.4. The van der Waals surface area contributed by atoms with Crippen molar-refractivity contribution in [2.75, 3.05) is 25.0 Å². The second-order valence-electron chi connectivity index (χ2n) is 7.74. The molecule has 0 spiro atoms. The van der Waals surface area contributed by atoms with E-state index in [2.05, 4.69) is 44.8 Å². The van der Waals surface area contributed by atoms with Crippen LogP contribution in [-0.2, 0) is 12.0 Å². The Labute approximate surface area is 127 Å². The molecule has 0 amide bonds. The first-order valence-electron chi connectivity index (χ1n) is 7.63. The molecule has 114 valence electrons. The molecule has 1 aromatic heterocycles. The van der Waals surface area contributed by atoms with E-state index in [0.717, 1.165) is 19.6 Å². The van der Waals surface area contributed by atoms with E-state index in [0.29, 0.717) is 5.41 Å². The van der Waals surface area contributed by atoms with Crippen LogP contribution in [0.5, 0.6) is 0 Å². The molecular weight excluding hydrogens is 266 g/mol. The summed E-state index contributed by atoms with van der Waals surface area (Å²) in [6.45, 7) is 14.7. The fourth-order valence-corrected chi connectivity index (χ4v) is 4.23. The van der Waals surface area contributed by atoms with Crippen LogP contribution in [0.1, 0.15) is 58.0 Å². The first-order chi connectivity index (χ1) is 9.23. The van der Waals surface area contributed by atoms with Crippen LogP contribution in [0.25, 0.3) is 0 Å². The Morgan fingerprint density at radius 3 is 2.60 bits per heavy atom. The summed E-state index contributed by atoms with van der Waals surface area (Å²) in [6.07, 6.45) is 2.60. The molecule has 2 rings (SSSR count). The van der Waals surface area contributed by atoms with Crippen molar-refractivity contribution in [1.82, 2.24) is 10.3 Å². The minimum absolute atomic E-state index is 0.117. The molecule has 0 unspecified atom stereocenters. The van der Waals surface area contributed by atoms with Gasteiger partial charge >= 0.3 is 0 Å². The van der Waals surface area contributed by atoms with E-state index in [9.17, 15) is 0 Å². The lowest BCUT2D eigenvalue weighted by Gasteiger charge is -2.37. The molecule has 1 N–H and O–H groups in total. The Bertz CT molecular complexity index is 457. The van der Waals surface area contributed by atoms with Gasteiger partial charge in [0.1, 0.15) is 0 Å². The summed E-state index contributed by atoms with van der Waals surface area (Å²) in [6, 6.07) is 0. The van der Waals surface area contributed by atoms with Crippen molar-refractivity contribution in [3.8, 4) is 0 Å². The standard InChI is InChI=1S/C16H29N3S/c1-15(2,3)13-12(10-17-6)20-14(18-13)19-9-7-8-16(4,5)11-19/h17H,7-11H2,1-6H3. The van der Waals surface area contributed by atoms with Crippen LogP contribution in [0.15, 0.2) is 0 Å². The predicted octanol–water partition coefficient (Wildman–Crippen LogP) is 3.79. The van der Waals surface area contributed by atoms with Crippen LogP contribution in [-0.4, -0.2) is 25.1 Å². The third-order valence-electron chi connectivity index (χ3n) is 3.90. The minimum Gasteiger partial charge on any atom is -0.348 e. The maximum atomic E-state index is 4.99. The molecule has 0 aromatic carbocycles. The zero-order valence-electron chi connectivity index (χ0n) is 13.8. The second kappa shape index (κ2) is 5.64. The molecule has 4 heteroatoms. The van der Waals surface area contributed by atoms with Crippen LogP contribution in [0.3, 0.4) is 0 Å². The first-order valence-corrected chi connectivity index (χ1v) is 8.44. The number of nitrogens with zero attached hydrogens (tertiary/aromatic N) is 2. The molecule has 1 aliphatic heterocycles. The third-order valence-corrected chi connectivity index (χ3v) is 5.02. The maximum absolute atomic E-state index is 4.99. The number of piperidine rings is 1.